The van der Waals surface area contributed by atoms with Crippen molar-refractivity contribution in [3.8, 4) is 11.8 Å². The van der Waals surface area contributed by atoms with Crippen molar-refractivity contribution in [3.63, 3.8) is 0 Å². The maximum absolute atomic E-state index is 12.7. The molecule has 7 heteroatoms. The highest BCUT2D eigenvalue weighted by Gasteiger charge is 2.38. The minimum atomic E-state index is -0.654. The number of carbonyl (C=O) groups excluding carboxylic acids is 1. The molecule has 1 aliphatic carbocycles. The van der Waals surface area contributed by atoms with E-state index in [9.17, 15) is 10.1 Å². The summed E-state index contributed by atoms with van der Waals surface area (Å²) in [5.41, 5.74) is 0.247. The Balaban J connectivity index is 1.69. The van der Waals surface area contributed by atoms with Crippen LogP contribution >= 0.6 is 23.4 Å². The first-order valence-electron chi connectivity index (χ1n) is 8.66. The lowest BCUT2D eigenvalue weighted by molar-refractivity contribution is -0.131. The van der Waals surface area contributed by atoms with Gasteiger partial charge in [0, 0.05) is 30.2 Å². The Labute approximate surface area is 163 Å². The van der Waals surface area contributed by atoms with Gasteiger partial charge in [-0.05, 0) is 31.0 Å². The quantitative estimate of drug-likeness (QED) is 0.716. The van der Waals surface area contributed by atoms with Crippen LogP contribution in [0.15, 0.2) is 41.8 Å². The number of amides is 1. The maximum atomic E-state index is 12.7. The van der Waals surface area contributed by atoms with Crippen LogP contribution in [0.1, 0.15) is 32.1 Å². The number of aromatic nitrogens is 2. The van der Waals surface area contributed by atoms with Gasteiger partial charge in [0.05, 0.1) is 11.8 Å². The lowest BCUT2D eigenvalue weighted by Crippen LogP contribution is -2.50. The van der Waals surface area contributed by atoms with E-state index in [2.05, 4.69) is 11.1 Å². The van der Waals surface area contributed by atoms with Gasteiger partial charge in [0.2, 0.25) is 5.91 Å². The number of nitriles is 1. The first-order valence-corrected chi connectivity index (χ1v) is 10.0. The zero-order valence-corrected chi connectivity index (χ0v) is 16.3. The number of benzene rings is 1. The Bertz CT molecular complexity index is 823. The molecule has 0 unspecified atom stereocenters. The number of thioether (sulfide) groups is 1. The minimum Gasteiger partial charge on any atom is -0.326 e. The van der Waals surface area contributed by atoms with Gasteiger partial charge in [-0.3, -0.25) is 9.36 Å². The van der Waals surface area contributed by atoms with Crippen molar-refractivity contribution >= 4 is 29.3 Å². The summed E-state index contributed by atoms with van der Waals surface area (Å²) in [6, 6.07) is 9.89. The fourth-order valence-electron chi connectivity index (χ4n) is 3.34. The van der Waals surface area contributed by atoms with Crippen LogP contribution in [-0.4, -0.2) is 38.7 Å². The number of rotatable bonds is 5. The molecule has 0 spiro atoms. The molecule has 3 rings (SSSR count). The summed E-state index contributed by atoms with van der Waals surface area (Å²) in [7, 11) is 1.75. The van der Waals surface area contributed by atoms with Gasteiger partial charge in [-0.1, -0.05) is 48.7 Å². The first-order chi connectivity index (χ1) is 12.6. The van der Waals surface area contributed by atoms with E-state index >= 15 is 0 Å². The predicted molar refractivity (Wildman–Crippen MR) is 103 cm³/mol. The molecule has 1 aromatic heterocycles. The number of halogens is 1. The summed E-state index contributed by atoms with van der Waals surface area (Å²) in [6.07, 6.45) is 8.20. The van der Waals surface area contributed by atoms with Crippen LogP contribution in [0.2, 0.25) is 5.02 Å². The second kappa shape index (κ2) is 8.15. The molecule has 1 heterocycles. The Morgan fingerprint density at radius 3 is 2.88 bits per heavy atom. The van der Waals surface area contributed by atoms with Crippen molar-refractivity contribution in [1.82, 2.24) is 14.5 Å². The van der Waals surface area contributed by atoms with E-state index < -0.39 is 5.54 Å². The molecule has 0 N–H and O–H groups in total. The summed E-state index contributed by atoms with van der Waals surface area (Å²) >= 11 is 7.44. The van der Waals surface area contributed by atoms with Crippen LogP contribution in [0.3, 0.4) is 0 Å². The Morgan fingerprint density at radius 1 is 1.42 bits per heavy atom. The summed E-state index contributed by atoms with van der Waals surface area (Å²) in [6.45, 7) is 0. The van der Waals surface area contributed by atoms with Crippen molar-refractivity contribution in [2.75, 3.05) is 12.8 Å². The van der Waals surface area contributed by atoms with Crippen molar-refractivity contribution in [1.29, 1.82) is 5.26 Å². The average molecular weight is 389 g/mol. The van der Waals surface area contributed by atoms with E-state index in [0.717, 1.165) is 42.9 Å². The zero-order chi connectivity index (χ0) is 18.6. The van der Waals surface area contributed by atoms with Crippen LogP contribution in [0, 0.1) is 11.3 Å². The third-order valence-corrected chi connectivity index (χ3v) is 6.11. The van der Waals surface area contributed by atoms with Crippen LogP contribution in [-0.2, 0) is 4.79 Å². The highest BCUT2D eigenvalue weighted by molar-refractivity contribution is 7.99. The third-order valence-electron chi connectivity index (χ3n) is 4.92. The normalized spacial score (nSPS) is 16.0. The molecule has 0 radical (unpaired) electrons. The summed E-state index contributed by atoms with van der Waals surface area (Å²) in [5.74, 6) is 0.205. The smallest absolute Gasteiger partial charge is 0.234 e. The molecule has 0 atom stereocenters. The topological polar surface area (TPSA) is 61.9 Å². The lowest BCUT2D eigenvalue weighted by Gasteiger charge is -2.39. The lowest BCUT2D eigenvalue weighted by atomic mass is 9.81. The summed E-state index contributed by atoms with van der Waals surface area (Å²) in [4.78, 5) is 18.7. The van der Waals surface area contributed by atoms with Crippen molar-refractivity contribution in [2.45, 2.75) is 42.8 Å². The molecule has 136 valence electrons. The SMILES string of the molecule is CN(C(=O)CSc1nccn1-c1cccc(Cl)c1)C1(C#N)CCCCC1. The molecule has 1 aliphatic rings. The number of nitrogens with zero attached hydrogens (tertiary/aromatic N) is 4. The largest absolute Gasteiger partial charge is 0.326 e. The number of carbonyl (C=O) groups is 1. The first kappa shape index (κ1) is 18.8. The minimum absolute atomic E-state index is 0.0425. The van der Waals surface area contributed by atoms with Gasteiger partial charge in [-0.15, -0.1) is 0 Å². The molecule has 5 nitrogen and oxygen atoms in total. The molecule has 2 aromatic rings. The second-order valence-electron chi connectivity index (χ2n) is 6.51. The molecular formula is C19H21ClN4OS. The molecule has 0 bridgehead atoms. The number of hydrogen-bond acceptors (Lipinski definition) is 4. The Hall–Kier alpha value is -1.97. The van der Waals surface area contributed by atoms with Gasteiger partial charge < -0.3 is 4.90 Å². The van der Waals surface area contributed by atoms with E-state index in [0.29, 0.717) is 5.02 Å². The number of imidazole rings is 1. The molecule has 1 saturated carbocycles. The van der Waals surface area contributed by atoms with E-state index in [1.54, 1.807) is 18.1 Å². The van der Waals surface area contributed by atoms with Gasteiger partial charge >= 0.3 is 0 Å². The molecule has 1 aromatic carbocycles. The van der Waals surface area contributed by atoms with Crippen molar-refractivity contribution < 1.29 is 4.79 Å². The van der Waals surface area contributed by atoms with Crippen LogP contribution in [0.4, 0.5) is 0 Å². The molecule has 1 amide bonds. The second-order valence-corrected chi connectivity index (χ2v) is 7.88. The van der Waals surface area contributed by atoms with Gasteiger partial charge in [0.25, 0.3) is 0 Å². The van der Waals surface area contributed by atoms with E-state index in [-0.39, 0.29) is 11.7 Å². The monoisotopic (exact) mass is 388 g/mol. The molecule has 0 aliphatic heterocycles. The zero-order valence-electron chi connectivity index (χ0n) is 14.7. The molecule has 0 saturated heterocycles. The van der Waals surface area contributed by atoms with Crippen LogP contribution < -0.4 is 0 Å². The highest BCUT2D eigenvalue weighted by Crippen LogP contribution is 2.33. The van der Waals surface area contributed by atoms with Crippen LogP contribution in [0.25, 0.3) is 5.69 Å². The molecule has 1 fully saturated rings. The molecule has 26 heavy (non-hydrogen) atoms. The fraction of sp³-hybridized carbons (Fsp3) is 0.421. The molecular weight excluding hydrogens is 368 g/mol. The van der Waals surface area contributed by atoms with Gasteiger partial charge in [-0.25, -0.2) is 4.98 Å². The van der Waals surface area contributed by atoms with Gasteiger partial charge in [-0.2, -0.15) is 5.26 Å². The maximum Gasteiger partial charge on any atom is 0.234 e. The van der Waals surface area contributed by atoms with E-state index in [1.165, 1.54) is 11.8 Å². The Kier molecular flexibility index (Phi) is 5.90. The number of hydrogen-bond donors (Lipinski definition) is 0. The Morgan fingerprint density at radius 2 is 2.19 bits per heavy atom. The summed E-state index contributed by atoms with van der Waals surface area (Å²) < 4.78 is 1.91. The van der Waals surface area contributed by atoms with E-state index in [1.807, 2.05) is 35.0 Å². The average Bonchev–Trinajstić information content (AvgIpc) is 3.14. The highest BCUT2D eigenvalue weighted by atomic mass is 35.5. The van der Waals surface area contributed by atoms with Crippen LogP contribution in [0.5, 0.6) is 0 Å². The van der Waals surface area contributed by atoms with Crippen molar-refractivity contribution in [3.05, 3.63) is 41.7 Å². The predicted octanol–water partition coefficient (Wildman–Crippen LogP) is 4.30. The van der Waals surface area contributed by atoms with Gasteiger partial charge in [0.15, 0.2) is 5.16 Å². The van der Waals surface area contributed by atoms with E-state index in [4.69, 9.17) is 11.6 Å². The summed E-state index contributed by atoms with van der Waals surface area (Å²) in [5, 5.41) is 11.0. The third kappa shape index (κ3) is 3.89. The fourth-order valence-corrected chi connectivity index (χ4v) is 4.41. The van der Waals surface area contributed by atoms with Gasteiger partial charge in [0.1, 0.15) is 5.54 Å². The van der Waals surface area contributed by atoms with Crippen molar-refractivity contribution in [2.24, 2.45) is 0 Å². The standard InChI is InChI=1S/C19H21ClN4OS/c1-23(19(14-21)8-3-2-4-9-19)17(25)13-26-18-22-10-11-24(18)16-7-5-6-15(20)12-16/h5-7,10-12H,2-4,8-9,13H2,1H3.